The highest BCUT2D eigenvalue weighted by Crippen LogP contribution is 2.32. The SMILES string of the molecule is CCCCCCCCCCCCCCCCCCO[C@H]1O[C@H](COCc2ccccc2)[C@H](OCc2ccccc2)[C@H](OCc2ccccc2)[C@H]1OCc1ccccc1. The van der Waals surface area contributed by atoms with Crippen LogP contribution in [0.3, 0.4) is 0 Å². The van der Waals surface area contributed by atoms with E-state index in [1.54, 1.807) is 0 Å². The van der Waals surface area contributed by atoms with Gasteiger partial charge in [0.2, 0.25) is 0 Å². The molecule has 0 radical (unpaired) electrons. The van der Waals surface area contributed by atoms with Crippen molar-refractivity contribution in [3.63, 3.8) is 0 Å². The zero-order valence-electron chi connectivity index (χ0n) is 35.4. The Labute approximate surface area is 350 Å². The molecule has 0 bridgehead atoms. The number of unbranched alkanes of at least 4 members (excludes halogenated alkanes) is 15. The summed E-state index contributed by atoms with van der Waals surface area (Å²) in [5, 5.41) is 0. The van der Waals surface area contributed by atoms with Gasteiger partial charge >= 0.3 is 0 Å². The molecule has 6 heteroatoms. The average Bonchev–Trinajstić information content (AvgIpc) is 3.27. The second-order valence-corrected chi connectivity index (χ2v) is 16.0. The van der Waals surface area contributed by atoms with E-state index in [0.29, 0.717) is 39.6 Å². The lowest BCUT2D eigenvalue weighted by atomic mass is 9.97. The van der Waals surface area contributed by atoms with E-state index in [9.17, 15) is 0 Å². The molecule has 1 aliphatic heterocycles. The maximum absolute atomic E-state index is 6.87. The van der Waals surface area contributed by atoms with Gasteiger partial charge in [-0.2, -0.15) is 0 Å². The first kappa shape index (κ1) is 45.7. The monoisotopic (exact) mass is 793 g/mol. The Kier molecular flexibility index (Phi) is 22.8. The molecule has 58 heavy (non-hydrogen) atoms. The van der Waals surface area contributed by atoms with Crippen molar-refractivity contribution in [2.45, 2.75) is 167 Å². The van der Waals surface area contributed by atoms with Crippen LogP contribution in [-0.4, -0.2) is 43.9 Å². The Bertz CT molecular complexity index is 1540. The predicted octanol–water partition coefficient (Wildman–Crippen LogP) is 13.0. The van der Waals surface area contributed by atoms with Gasteiger partial charge in [0, 0.05) is 6.61 Å². The number of ether oxygens (including phenoxy) is 6. The van der Waals surface area contributed by atoms with Crippen LogP contribution < -0.4 is 0 Å². The molecular formula is C52H72O6. The molecule has 1 heterocycles. The topological polar surface area (TPSA) is 55.4 Å². The van der Waals surface area contributed by atoms with E-state index in [1.807, 2.05) is 72.8 Å². The summed E-state index contributed by atoms with van der Waals surface area (Å²) in [5.41, 5.74) is 4.35. The van der Waals surface area contributed by atoms with Crippen molar-refractivity contribution in [2.24, 2.45) is 0 Å². The lowest BCUT2D eigenvalue weighted by Gasteiger charge is -2.46. The molecule has 0 spiro atoms. The molecule has 0 amide bonds. The number of hydrogen-bond acceptors (Lipinski definition) is 6. The van der Waals surface area contributed by atoms with Gasteiger partial charge in [-0.15, -0.1) is 0 Å². The van der Waals surface area contributed by atoms with Crippen LogP contribution >= 0.6 is 0 Å². The minimum absolute atomic E-state index is 0.323. The highest BCUT2D eigenvalue weighted by atomic mass is 16.7. The Morgan fingerprint density at radius 2 is 0.741 bits per heavy atom. The van der Waals surface area contributed by atoms with Crippen LogP contribution in [0.1, 0.15) is 132 Å². The predicted molar refractivity (Wildman–Crippen MR) is 235 cm³/mol. The minimum atomic E-state index is -0.650. The van der Waals surface area contributed by atoms with Crippen LogP contribution in [-0.2, 0) is 54.8 Å². The summed E-state index contributed by atoms with van der Waals surface area (Å²) in [6.45, 7) is 4.89. The van der Waals surface area contributed by atoms with E-state index in [0.717, 1.165) is 35.1 Å². The Balaban J connectivity index is 1.19. The van der Waals surface area contributed by atoms with Gasteiger partial charge in [-0.05, 0) is 28.7 Å². The van der Waals surface area contributed by atoms with E-state index in [-0.39, 0.29) is 0 Å². The van der Waals surface area contributed by atoms with Gasteiger partial charge in [0.15, 0.2) is 6.29 Å². The molecule has 0 aliphatic carbocycles. The molecule has 0 aromatic heterocycles. The summed E-state index contributed by atoms with van der Waals surface area (Å²) < 4.78 is 40.3. The fourth-order valence-corrected chi connectivity index (χ4v) is 7.73. The van der Waals surface area contributed by atoms with Gasteiger partial charge < -0.3 is 28.4 Å². The molecule has 0 N–H and O–H groups in total. The Morgan fingerprint density at radius 3 is 1.17 bits per heavy atom. The maximum Gasteiger partial charge on any atom is 0.186 e. The van der Waals surface area contributed by atoms with Crippen molar-refractivity contribution in [3.05, 3.63) is 144 Å². The van der Waals surface area contributed by atoms with Crippen LogP contribution in [0.5, 0.6) is 0 Å². The molecule has 1 aliphatic rings. The normalized spacial score (nSPS) is 19.4. The third kappa shape index (κ3) is 17.9. The fourth-order valence-electron chi connectivity index (χ4n) is 7.73. The zero-order valence-corrected chi connectivity index (χ0v) is 35.4. The molecule has 316 valence electrons. The standard InChI is InChI=1S/C52H72O6/c1-2-3-4-5-6-7-8-9-10-11-12-13-14-15-16-29-38-54-52-51(57-42-47-36-27-20-28-37-47)50(56-41-46-34-25-19-26-35-46)49(55-40-45-32-23-18-24-33-45)48(58-52)43-53-39-44-30-21-17-22-31-44/h17-28,30-37,48-52H,2-16,29,38-43H2,1H3/t48-,49+,50+,51-,52+/m1/s1. The van der Waals surface area contributed by atoms with E-state index in [2.05, 4.69) is 55.5 Å². The third-order valence-corrected chi connectivity index (χ3v) is 11.1. The van der Waals surface area contributed by atoms with Crippen molar-refractivity contribution in [1.82, 2.24) is 0 Å². The van der Waals surface area contributed by atoms with Crippen molar-refractivity contribution >= 4 is 0 Å². The molecule has 5 rings (SSSR count). The summed E-state index contributed by atoms with van der Waals surface area (Å²) in [6.07, 6.45) is 18.7. The van der Waals surface area contributed by atoms with Gasteiger partial charge in [-0.25, -0.2) is 0 Å². The van der Waals surface area contributed by atoms with E-state index in [4.69, 9.17) is 28.4 Å². The summed E-state index contributed by atoms with van der Waals surface area (Å²) in [6, 6.07) is 41.1. The smallest absolute Gasteiger partial charge is 0.186 e. The molecule has 5 atom stereocenters. The second kappa shape index (κ2) is 29.0. The zero-order chi connectivity index (χ0) is 40.1. The average molecular weight is 793 g/mol. The molecule has 0 saturated carbocycles. The summed E-state index contributed by atoms with van der Waals surface area (Å²) >= 11 is 0. The van der Waals surface area contributed by atoms with Crippen LogP contribution in [0, 0.1) is 0 Å². The van der Waals surface area contributed by atoms with Gasteiger partial charge in [0.05, 0.1) is 33.0 Å². The summed E-state index contributed by atoms with van der Waals surface area (Å²) in [7, 11) is 0. The van der Waals surface area contributed by atoms with Crippen LogP contribution in [0.4, 0.5) is 0 Å². The highest BCUT2D eigenvalue weighted by molar-refractivity contribution is 5.16. The number of benzene rings is 4. The fraction of sp³-hybridized carbons (Fsp3) is 0.538. The number of rotatable bonds is 31. The van der Waals surface area contributed by atoms with E-state index in [1.165, 1.54) is 89.9 Å². The molecule has 4 aromatic carbocycles. The molecule has 4 aromatic rings. The molecule has 6 nitrogen and oxygen atoms in total. The summed E-state index contributed by atoms with van der Waals surface area (Å²) in [4.78, 5) is 0. The molecule has 1 fully saturated rings. The van der Waals surface area contributed by atoms with Gasteiger partial charge in [0.1, 0.15) is 24.4 Å². The van der Waals surface area contributed by atoms with Crippen molar-refractivity contribution in [1.29, 1.82) is 0 Å². The quantitative estimate of drug-likeness (QED) is 0.0473. The van der Waals surface area contributed by atoms with E-state index < -0.39 is 30.7 Å². The van der Waals surface area contributed by atoms with Gasteiger partial charge in [-0.1, -0.05) is 225 Å². The Morgan fingerprint density at radius 1 is 0.379 bits per heavy atom. The lowest BCUT2D eigenvalue weighted by molar-refractivity contribution is -0.328. The minimum Gasteiger partial charge on any atom is -0.374 e. The molecule has 0 unspecified atom stereocenters. The third-order valence-electron chi connectivity index (χ3n) is 11.1. The Hall–Kier alpha value is -3.36. The first-order chi connectivity index (χ1) is 28.8. The van der Waals surface area contributed by atoms with Crippen molar-refractivity contribution in [2.75, 3.05) is 13.2 Å². The first-order valence-corrected chi connectivity index (χ1v) is 22.7. The van der Waals surface area contributed by atoms with E-state index >= 15 is 0 Å². The van der Waals surface area contributed by atoms with Crippen molar-refractivity contribution < 1.29 is 28.4 Å². The van der Waals surface area contributed by atoms with Gasteiger partial charge in [-0.3, -0.25) is 0 Å². The van der Waals surface area contributed by atoms with Gasteiger partial charge in [0.25, 0.3) is 0 Å². The maximum atomic E-state index is 6.87. The van der Waals surface area contributed by atoms with Crippen LogP contribution in [0.2, 0.25) is 0 Å². The summed E-state index contributed by atoms with van der Waals surface area (Å²) in [5.74, 6) is 0. The lowest BCUT2D eigenvalue weighted by Crippen LogP contribution is -2.61. The van der Waals surface area contributed by atoms with Crippen LogP contribution in [0.25, 0.3) is 0 Å². The molecule has 1 saturated heterocycles. The first-order valence-electron chi connectivity index (χ1n) is 22.7. The molecular weight excluding hydrogens is 721 g/mol. The highest BCUT2D eigenvalue weighted by Gasteiger charge is 2.49. The van der Waals surface area contributed by atoms with Crippen LogP contribution in [0.15, 0.2) is 121 Å². The number of hydrogen-bond donors (Lipinski definition) is 0. The largest absolute Gasteiger partial charge is 0.374 e. The second-order valence-electron chi connectivity index (χ2n) is 16.0. The van der Waals surface area contributed by atoms with Crippen molar-refractivity contribution in [3.8, 4) is 0 Å².